The van der Waals surface area contributed by atoms with Crippen LogP contribution in [0.4, 0.5) is 29.2 Å². The van der Waals surface area contributed by atoms with Crippen LogP contribution in [0.2, 0.25) is 0 Å². The summed E-state index contributed by atoms with van der Waals surface area (Å²) >= 11 is 0. The molecule has 2 aromatic carbocycles. The number of pyridine rings is 4. The number of aryl methyl sites for hydroxylation is 2. The van der Waals surface area contributed by atoms with Gasteiger partial charge >= 0.3 is 5.97 Å². The Kier molecular flexibility index (Phi) is 18.6. The van der Waals surface area contributed by atoms with E-state index >= 15 is 0 Å². The molecule has 0 atom stereocenters. The lowest BCUT2D eigenvalue weighted by atomic mass is 10.0. The number of carboxylic acids is 1. The number of benzene rings is 2. The van der Waals surface area contributed by atoms with E-state index in [1.165, 1.54) is 40.5 Å². The number of furan rings is 2. The molecule has 8 N–H and O–H groups in total. The van der Waals surface area contributed by atoms with E-state index in [4.69, 9.17) is 31.1 Å². The number of hydrogen-bond acceptors (Lipinski definition) is 13. The Morgan fingerprint density at radius 3 is 1.45 bits per heavy atom. The number of rotatable bonds is 11. The van der Waals surface area contributed by atoms with Crippen LogP contribution in [0.15, 0.2) is 131 Å². The third kappa shape index (κ3) is 15.3. The second-order valence-corrected chi connectivity index (χ2v) is 19.0. The molecule has 0 spiro atoms. The van der Waals surface area contributed by atoms with E-state index in [9.17, 15) is 36.7 Å². The molecule has 0 unspecified atom stereocenters. The predicted octanol–water partition coefficient (Wildman–Crippen LogP) is 10.5. The van der Waals surface area contributed by atoms with E-state index in [1.54, 1.807) is 60.8 Å². The molecule has 0 bridgehead atoms. The number of nitrogen functional groups attached to an aromatic ring is 2. The number of piperidine rings is 2. The second-order valence-electron chi connectivity index (χ2n) is 19.0. The Balaban J connectivity index is 0.000000196. The van der Waals surface area contributed by atoms with Crippen LogP contribution in [0.1, 0.15) is 87.6 Å². The van der Waals surface area contributed by atoms with E-state index in [0.717, 1.165) is 55.9 Å². The summed E-state index contributed by atoms with van der Waals surface area (Å²) in [5, 5.41) is 12.9. The Morgan fingerprint density at radius 1 is 0.613 bits per heavy atom. The SMILES string of the molecule is C.Cc1cc2oc(CN)cc2cc1-c1ccc(C(=O)N2CCC(F)(F)CC2)cn1.Cc1cc2oc(CNC(=O)/C=C/c3ccc(N)nc3)cc2cc1-c1ccc(C(=O)N2CCC(F)(F)CC2)cn1.Nc1ccc(/C=C/C(=O)O)cn1. The predicted molar refractivity (Wildman–Crippen MR) is 298 cm³/mol. The van der Waals surface area contributed by atoms with Crippen LogP contribution in [0, 0.1) is 13.8 Å². The highest BCUT2D eigenvalue weighted by Gasteiger charge is 2.37. The lowest BCUT2D eigenvalue weighted by molar-refractivity contribution is -0.131. The summed E-state index contributed by atoms with van der Waals surface area (Å²) < 4.78 is 65.0. The molecule has 416 valence electrons. The van der Waals surface area contributed by atoms with Gasteiger partial charge in [-0.25, -0.2) is 32.3 Å². The zero-order chi connectivity index (χ0) is 56.4. The molecule has 8 heterocycles. The fourth-order valence-electron chi connectivity index (χ4n) is 8.63. The number of carbonyl (C=O) groups is 4. The summed E-state index contributed by atoms with van der Waals surface area (Å²) in [5.41, 5.74) is 25.4. The molecule has 21 heteroatoms. The molecule has 6 aromatic heterocycles. The van der Waals surface area contributed by atoms with E-state index in [-0.39, 0.29) is 83.6 Å². The van der Waals surface area contributed by atoms with Gasteiger partial charge in [0.05, 0.1) is 35.6 Å². The van der Waals surface area contributed by atoms with Crippen molar-refractivity contribution in [3.63, 3.8) is 0 Å². The van der Waals surface area contributed by atoms with E-state index in [2.05, 4.69) is 25.3 Å². The number of nitrogens with one attached hydrogen (secondary N) is 1. The Bertz CT molecular complexity index is 3530. The number of amides is 3. The first-order valence-corrected chi connectivity index (χ1v) is 25.0. The smallest absolute Gasteiger partial charge is 0.328 e. The van der Waals surface area contributed by atoms with Crippen LogP contribution < -0.4 is 22.5 Å². The fourth-order valence-corrected chi connectivity index (χ4v) is 8.63. The van der Waals surface area contributed by atoms with E-state index in [1.807, 2.05) is 50.2 Å². The van der Waals surface area contributed by atoms with Crippen LogP contribution in [0.5, 0.6) is 0 Å². The minimum atomic E-state index is -2.71. The normalized spacial score (nSPS) is 14.7. The number of fused-ring (bicyclic) bond motifs is 2. The van der Waals surface area contributed by atoms with Crippen molar-refractivity contribution < 1.29 is 50.7 Å². The summed E-state index contributed by atoms with van der Waals surface area (Å²) in [6.07, 6.45) is 10.4. The number of aromatic nitrogens is 4. The van der Waals surface area contributed by atoms with Gasteiger partial charge < -0.3 is 46.3 Å². The summed E-state index contributed by atoms with van der Waals surface area (Å²) in [6, 6.07) is 25.2. The number of alkyl halides is 4. The average Bonchev–Trinajstić information content (AvgIpc) is 4.05. The third-order valence-electron chi connectivity index (χ3n) is 13.1. The summed E-state index contributed by atoms with van der Waals surface area (Å²) in [5.74, 6) is -5.05. The number of hydrogen-bond donors (Lipinski definition) is 5. The summed E-state index contributed by atoms with van der Waals surface area (Å²) in [6.45, 7) is 4.63. The molecule has 10 rings (SSSR count). The lowest BCUT2D eigenvalue weighted by Gasteiger charge is -2.31. The van der Waals surface area contributed by atoms with Gasteiger partial charge in [0.25, 0.3) is 23.7 Å². The first kappa shape index (κ1) is 58.4. The molecule has 0 radical (unpaired) electrons. The van der Waals surface area contributed by atoms with E-state index in [0.29, 0.717) is 57.7 Å². The first-order valence-electron chi connectivity index (χ1n) is 25.0. The monoisotopic (exact) mass is 1100 g/mol. The number of halogens is 4. The molecule has 3 amide bonds. The number of carboxylic acid groups (broad SMARTS) is 1. The largest absolute Gasteiger partial charge is 0.478 e. The van der Waals surface area contributed by atoms with Crippen LogP contribution in [-0.4, -0.2) is 96.6 Å². The zero-order valence-corrected chi connectivity index (χ0v) is 43.1. The number of nitrogens with two attached hydrogens (primary N) is 3. The highest BCUT2D eigenvalue weighted by molar-refractivity contribution is 5.96. The van der Waals surface area contributed by atoms with Crippen molar-refractivity contribution in [3.8, 4) is 22.5 Å². The molecule has 80 heavy (non-hydrogen) atoms. The van der Waals surface area contributed by atoms with Gasteiger partial charge in [-0.05, 0) is 133 Å². The lowest BCUT2D eigenvalue weighted by Crippen LogP contribution is -2.42. The van der Waals surface area contributed by atoms with Crippen LogP contribution in [0.25, 0.3) is 56.6 Å². The average molecular weight is 1100 g/mol. The Hall–Kier alpha value is -9.24. The van der Waals surface area contributed by atoms with Gasteiger partial charge in [0.1, 0.15) is 34.3 Å². The van der Waals surface area contributed by atoms with Gasteiger partial charge in [0.2, 0.25) is 5.91 Å². The number of nitrogens with zero attached hydrogens (tertiary/aromatic N) is 6. The molecule has 0 saturated carbocycles. The van der Waals surface area contributed by atoms with Crippen molar-refractivity contribution in [3.05, 3.63) is 167 Å². The molecule has 2 aliphatic heterocycles. The maximum absolute atomic E-state index is 13.4. The molecule has 2 saturated heterocycles. The molecule has 0 aliphatic carbocycles. The van der Waals surface area contributed by atoms with Crippen molar-refractivity contribution >= 4 is 69.4 Å². The topological polar surface area (TPSA) is 263 Å². The minimum Gasteiger partial charge on any atom is -0.478 e. The molecule has 8 aromatic rings. The van der Waals surface area contributed by atoms with Crippen molar-refractivity contribution in [1.82, 2.24) is 35.1 Å². The van der Waals surface area contributed by atoms with Crippen LogP contribution in [-0.2, 0) is 22.7 Å². The zero-order valence-electron chi connectivity index (χ0n) is 43.1. The van der Waals surface area contributed by atoms with Gasteiger partial charge in [0.15, 0.2) is 0 Å². The van der Waals surface area contributed by atoms with Crippen molar-refractivity contribution in [2.75, 3.05) is 37.6 Å². The van der Waals surface area contributed by atoms with Gasteiger partial charge in [-0.15, -0.1) is 0 Å². The maximum atomic E-state index is 13.4. The fraction of sp³-hybridized carbons (Fsp3) is 0.254. The van der Waals surface area contributed by atoms with Crippen molar-refractivity contribution in [1.29, 1.82) is 0 Å². The highest BCUT2D eigenvalue weighted by atomic mass is 19.3. The van der Waals surface area contributed by atoms with Crippen LogP contribution in [0.3, 0.4) is 0 Å². The summed E-state index contributed by atoms with van der Waals surface area (Å²) in [7, 11) is 0. The molecule has 2 fully saturated rings. The number of carbonyl (C=O) groups excluding carboxylic acids is 3. The van der Waals surface area contributed by atoms with Gasteiger partial charge in [-0.1, -0.05) is 7.43 Å². The maximum Gasteiger partial charge on any atom is 0.328 e. The highest BCUT2D eigenvalue weighted by Crippen LogP contribution is 2.33. The third-order valence-corrected chi connectivity index (χ3v) is 13.1. The standard InChI is InChI=1S/C29H27F2N5O3.C21H21F2N3O2.C8H8N2O2.CH4/c1-18-12-25-21(13-22(39-25)17-35-27(37)7-3-19-2-6-26(32)34-15-19)14-23(18)24-5-4-20(16-33-24)28(38)36-10-8-29(30,31)9-11-36;1-13-8-19-15(9-16(11-24)28-19)10-17(13)18-3-2-14(12-25-18)20(27)26-6-4-21(22,23)5-7-26;9-7-3-1-6(5-10-7)2-4-8(11)12;/h2-7,12-16H,8-11,17H2,1H3,(H2,32,34)(H,35,37);2-3,8-10,12H,4-7,11,24H2,1H3;1-5H,(H2,9,10)(H,11,12);1H4/b7-3+;;4-2+;. The minimum absolute atomic E-state index is 0. The van der Waals surface area contributed by atoms with E-state index < -0.39 is 17.8 Å². The molecular weight excluding hydrogens is 1040 g/mol. The Labute approximate surface area is 458 Å². The quantitative estimate of drug-likeness (QED) is 0.0596. The first-order chi connectivity index (χ1) is 37.7. The number of aliphatic carboxylic acids is 1. The molecule has 2 aliphatic rings. The summed E-state index contributed by atoms with van der Waals surface area (Å²) in [4.78, 5) is 67.2. The molecular formula is C59H60F4N10O7. The second kappa shape index (κ2) is 25.5. The van der Waals surface area contributed by atoms with Gasteiger partial charge in [0, 0.05) is 111 Å². The van der Waals surface area contributed by atoms with Crippen LogP contribution >= 0.6 is 0 Å². The van der Waals surface area contributed by atoms with Gasteiger partial charge in [-0.3, -0.25) is 24.4 Å². The van der Waals surface area contributed by atoms with Crippen molar-refractivity contribution in [2.24, 2.45) is 5.73 Å². The Morgan fingerprint density at radius 2 is 1.05 bits per heavy atom. The van der Waals surface area contributed by atoms with Crippen molar-refractivity contribution in [2.45, 2.75) is 71.9 Å². The number of anilines is 2. The number of likely N-dealkylation sites (tertiary alicyclic amines) is 2. The molecule has 17 nitrogen and oxygen atoms in total. The van der Waals surface area contributed by atoms with Gasteiger partial charge in [-0.2, -0.15) is 0 Å².